The largest absolute Gasteiger partial charge is 0.493 e. The Labute approximate surface area is 170 Å². The number of fused-ring (bicyclic) bond motifs is 1. The molecule has 8 heteroatoms. The number of likely N-dealkylation sites (tertiary alicyclic amines) is 1. The van der Waals surface area contributed by atoms with Crippen LogP contribution in [0.4, 0.5) is 0 Å². The van der Waals surface area contributed by atoms with Gasteiger partial charge in [-0.1, -0.05) is 0 Å². The Morgan fingerprint density at radius 3 is 2.50 bits per heavy atom. The van der Waals surface area contributed by atoms with Crippen molar-refractivity contribution in [3.63, 3.8) is 0 Å². The minimum atomic E-state index is -0.649. The van der Waals surface area contributed by atoms with Crippen molar-refractivity contribution in [2.45, 2.75) is 24.9 Å². The van der Waals surface area contributed by atoms with Crippen LogP contribution in [0.2, 0.25) is 0 Å². The lowest BCUT2D eigenvalue weighted by Crippen LogP contribution is -2.52. The van der Waals surface area contributed by atoms with Crippen molar-refractivity contribution in [3.8, 4) is 17.2 Å². The lowest BCUT2D eigenvalue weighted by molar-refractivity contribution is -0.00816. The van der Waals surface area contributed by atoms with Gasteiger partial charge in [-0.2, -0.15) is 0 Å². The first-order valence-electron chi connectivity index (χ1n) is 8.98. The maximum Gasteiger partial charge on any atom is 0.289 e. The molecule has 1 fully saturated rings. The van der Waals surface area contributed by atoms with Crippen LogP contribution in [0.1, 0.15) is 40.2 Å². The van der Waals surface area contributed by atoms with E-state index in [1.54, 1.807) is 36.3 Å². The molecule has 3 heterocycles. The van der Waals surface area contributed by atoms with E-state index in [1.165, 1.54) is 7.11 Å². The third-order valence-corrected chi connectivity index (χ3v) is 5.77. The van der Waals surface area contributed by atoms with Crippen molar-refractivity contribution < 1.29 is 28.2 Å². The maximum atomic E-state index is 12.8. The van der Waals surface area contributed by atoms with E-state index < -0.39 is 5.60 Å². The molecule has 0 bridgehead atoms. The highest BCUT2D eigenvalue weighted by Crippen LogP contribution is 2.47. The zero-order valence-corrected chi connectivity index (χ0v) is 17.2. The van der Waals surface area contributed by atoms with Gasteiger partial charge in [-0.3, -0.25) is 9.59 Å². The van der Waals surface area contributed by atoms with E-state index in [2.05, 4.69) is 15.9 Å². The number of methoxy groups -OCH3 is 2. The molecule has 4 rings (SSSR count). The van der Waals surface area contributed by atoms with E-state index >= 15 is 0 Å². The molecule has 2 aliphatic rings. The molecule has 148 valence electrons. The van der Waals surface area contributed by atoms with Crippen molar-refractivity contribution in [2.24, 2.45) is 0 Å². The van der Waals surface area contributed by atoms with E-state index in [-0.39, 0.29) is 18.1 Å². The number of hydrogen-bond donors (Lipinski definition) is 0. The molecule has 1 saturated heterocycles. The number of benzene rings is 1. The minimum Gasteiger partial charge on any atom is -0.493 e. The number of furan rings is 1. The standard InChI is InChI=1S/C20H20BrNO6/c1-25-14-4-3-12-13(23)11-20(28-17(12)18(14)26-2)7-9-22(10-8-20)19(24)15-5-6-16(21)27-15/h3-6H,7-11H2,1-2H3. The summed E-state index contributed by atoms with van der Waals surface area (Å²) in [6.07, 6.45) is 1.38. The maximum absolute atomic E-state index is 12.8. The Hall–Kier alpha value is -2.48. The fourth-order valence-electron chi connectivity index (χ4n) is 3.84. The molecular weight excluding hydrogens is 430 g/mol. The fourth-order valence-corrected chi connectivity index (χ4v) is 4.15. The van der Waals surface area contributed by atoms with Crippen LogP contribution in [0.15, 0.2) is 33.4 Å². The molecule has 0 radical (unpaired) electrons. The van der Waals surface area contributed by atoms with Crippen LogP contribution in [0.5, 0.6) is 17.2 Å². The average molecular weight is 450 g/mol. The molecule has 28 heavy (non-hydrogen) atoms. The Morgan fingerprint density at radius 1 is 1.14 bits per heavy atom. The molecule has 1 aromatic carbocycles. The summed E-state index contributed by atoms with van der Waals surface area (Å²) >= 11 is 3.21. The number of Topliss-reactive ketones (excluding diaryl/α,β-unsaturated/α-hetero) is 1. The summed E-state index contributed by atoms with van der Waals surface area (Å²) in [7, 11) is 3.07. The highest BCUT2D eigenvalue weighted by Gasteiger charge is 2.45. The van der Waals surface area contributed by atoms with Gasteiger partial charge in [-0.15, -0.1) is 0 Å². The molecule has 0 saturated carbocycles. The first kappa shape index (κ1) is 18.9. The molecule has 1 spiro atoms. The summed E-state index contributed by atoms with van der Waals surface area (Å²) in [5.74, 6) is 1.50. The van der Waals surface area contributed by atoms with Gasteiger partial charge in [0.05, 0.1) is 26.2 Å². The van der Waals surface area contributed by atoms with Gasteiger partial charge in [0.1, 0.15) is 5.60 Å². The highest BCUT2D eigenvalue weighted by molar-refractivity contribution is 9.10. The number of rotatable bonds is 3. The average Bonchev–Trinajstić information content (AvgIpc) is 3.13. The summed E-state index contributed by atoms with van der Waals surface area (Å²) in [4.78, 5) is 27.1. The quantitative estimate of drug-likeness (QED) is 0.710. The van der Waals surface area contributed by atoms with Gasteiger partial charge in [-0.05, 0) is 40.2 Å². The van der Waals surface area contributed by atoms with Gasteiger partial charge < -0.3 is 23.5 Å². The van der Waals surface area contributed by atoms with Gasteiger partial charge in [0.15, 0.2) is 27.7 Å². The van der Waals surface area contributed by atoms with Gasteiger partial charge in [0.25, 0.3) is 5.91 Å². The van der Waals surface area contributed by atoms with Crippen molar-refractivity contribution in [2.75, 3.05) is 27.3 Å². The smallest absolute Gasteiger partial charge is 0.289 e. The topological polar surface area (TPSA) is 78.2 Å². The zero-order chi connectivity index (χ0) is 19.9. The molecule has 1 aromatic heterocycles. The molecule has 0 unspecified atom stereocenters. The van der Waals surface area contributed by atoms with Gasteiger partial charge in [0, 0.05) is 25.9 Å². The van der Waals surface area contributed by atoms with E-state index in [0.717, 1.165) is 0 Å². The lowest BCUT2D eigenvalue weighted by atomic mass is 9.82. The highest BCUT2D eigenvalue weighted by atomic mass is 79.9. The Morgan fingerprint density at radius 2 is 1.89 bits per heavy atom. The van der Waals surface area contributed by atoms with Crippen LogP contribution in [-0.2, 0) is 0 Å². The number of carbonyl (C=O) groups is 2. The van der Waals surface area contributed by atoms with E-state index in [1.807, 2.05) is 0 Å². The molecule has 0 atom stereocenters. The minimum absolute atomic E-state index is 0.0111. The first-order chi connectivity index (χ1) is 13.5. The Kier molecular flexibility index (Phi) is 4.82. The van der Waals surface area contributed by atoms with Crippen LogP contribution in [0, 0.1) is 0 Å². The third-order valence-electron chi connectivity index (χ3n) is 5.35. The van der Waals surface area contributed by atoms with Crippen molar-refractivity contribution in [3.05, 3.63) is 40.3 Å². The van der Waals surface area contributed by atoms with Gasteiger partial charge >= 0.3 is 0 Å². The number of piperidine rings is 1. The lowest BCUT2D eigenvalue weighted by Gasteiger charge is -2.44. The summed E-state index contributed by atoms with van der Waals surface area (Å²) in [6.45, 7) is 0.956. The van der Waals surface area contributed by atoms with Crippen LogP contribution in [0.25, 0.3) is 0 Å². The van der Waals surface area contributed by atoms with Crippen LogP contribution < -0.4 is 14.2 Å². The van der Waals surface area contributed by atoms with Crippen molar-refractivity contribution in [1.29, 1.82) is 0 Å². The molecule has 0 aliphatic carbocycles. The van der Waals surface area contributed by atoms with Crippen LogP contribution >= 0.6 is 15.9 Å². The number of amides is 1. The van der Waals surface area contributed by atoms with Crippen molar-refractivity contribution in [1.82, 2.24) is 4.90 Å². The third kappa shape index (κ3) is 3.15. The zero-order valence-electron chi connectivity index (χ0n) is 15.6. The number of halogens is 1. The number of hydrogen-bond acceptors (Lipinski definition) is 6. The summed E-state index contributed by atoms with van der Waals surface area (Å²) < 4.78 is 23.0. The second kappa shape index (κ2) is 7.16. The summed E-state index contributed by atoms with van der Waals surface area (Å²) in [6, 6.07) is 6.75. The first-order valence-corrected chi connectivity index (χ1v) is 9.77. The molecule has 2 aromatic rings. The number of nitrogens with zero attached hydrogens (tertiary/aromatic N) is 1. The predicted molar refractivity (Wildman–Crippen MR) is 103 cm³/mol. The predicted octanol–water partition coefficient (Wildman–Crippen LogP) is 3.70. The SMILES string of the molecule is COc1ccc2c(c1OC)OC1(CCN(C(=O)c3ccc(Br)o3)CC1)CC2=O. The van der Waals surface area contributed by atoms with Crippen LogP contribution in [0.3, 0.4) is 0 Å². The summed E-state index contributed by atoms with van der Waals surface area (Å²) in [5, 5.41) is 0. The molecule has 0 N–H and O–H groups in total. The summed E-state index contributed by atoms with van der Waals surface area (Å²) in [5.41, 5.74) is -0.147. The van der Waals surface area contributed by atoms with Gasteiger partial charge in [-0.25, -0.2) is 0 Å². The second-order valence-corrected chi connectivity index (χ2v) is 7.74. The Bertz CT molecular complexity index is 929. The normalized spacial score (nSPS) is 17.8. The van der Waals surface area contributed by atoms with E-state index in [0.29, 0.717) is 59.2 Å². The van der Waals surface area contributed by atoms with E-state index in [9.17, 15) is 9.59 Å². The van der Waals surface area contributed by atoms with Crippen LogP contribution in [-0.4, -0.2) is 49.5 Å². The molecule has 1 amide bonds. The molecule has 7 nitrogen and oxygen atoms in total. The molecule has 2 aliphatic heterocycles. The Balaban J connectivity index is 1.55. The van der Waals surface area contributed by atoms with Gasteiger partial charge in [0.2, 0.25) is 5.75 Å². The monoisotopic (exact) mass is 449 g/mol. The fraction of sp³-hybridized carbons (Fsp3) is 0.400. The number of ketones is 1. The van der Waals surface area contributed by atoms with E-state index in [4.69, 9.17) is 18.6 Å². The number of ether oxygens (including phenoxy) is 3. The second-order valence-electron chi connectivity index (χ2n) is 6.96. The molecular formula is C20H20BrNO6. The number of carbonyl (C=O) groups excluding carboxylic acids is 2. The van der Waals surface area contributed by atoms with Crippen molar-refractivity contribution >= 4 is 27.6 Å².